The van der Waals surface area contributed by atoms with Gasteiger partial charge in [-0.1, -0.05) is 17.7 Å². The maximum absolute atomic E-state index is 13.0. The van der Waals surface area contributed by atoms with Crippen LogP contribution in [-0.2, 0) is 0 Å². The Morgan fingerprint density at radius 1 is 1.10 bits per heavy atom. The summed E-state index contributed by atoms with van der Waals surface area (Å²) >= 11 is 6.00. The molecule has 0 aliphatic carbocycles. The zero-order chi connectivity index (χ0) is 14.1. The smallest absolute Gasteiger partial charge is 0.124 e. The topological polar surface area (TPSA) is 50.9 Å². The van der Waals surface area contributed by atoms with Crippen LogP contribution in [0.5, 0.6) is 0 Å². The lowest BCUT2D eigenvalue weighted by Gasteiger charge is -2.12. The molecule has 0 spiro atoms. The van der Waals surface area contributed by atoms with Crippen molar-refractivity contribution < 1.29 is 4.39 Å². The number of anilines is 3. The molecule has 0 unspecified atom stereocenters. The molecule has 0 amide bonds. The molecule has 3 aromatic rings. The molecular formula is C15H11ClFN3. The molecule has 3 nitrogen and oxygen atoms in total. The van der Waals surface area contributed by atoms with E-state index in [0.717, 1.165) is 16.5 Å². The number of pyridine rings is 1. The van der Waals surface area contributed by atoms with Crippen LogP contribution in [0.25, 0.3) is 10.8 Å². The SMILES string of the molecule is Nc1c(Nc2ccc(F)cc2Cl)ccc2cnccc12. The summed E-state index contributed by atoms with van der Waals surface area (Å²) in [6, 6.07) is 9.79. The fraction of sp³-hybridized carbons (Fsp3) is 0. The summed E-state index contributed by atoms with van der Waals surface area (Å²) in [5.74, 6) is -0.377. The highest BCUT2D eigenvalue weighted by Crippen LogP contribution is 2.32. The number of hydrogen-bond donors (Lipinski definition) is 2. The third-order valence-corrected chi connectivity index (χ3v) is 3.37. The number of hydrogen-bond acceptors (Lipinski definition) is 3. The highest BCUT2D eigenvalue weighted by Gasteiger charge is 2.07. The minimum absolute atomic E-state index is 0.305. The third-order valence-electron chi connectivity index (χ3n) is 3.06. The fourth-order valence-corrected chi connectivity index (χ4v) is 2.25. The zero-order valence-corrected chi connectivity index (χ0v) is 11.2. The van der Waals surface area contributed by atoms with Gasteiger partial charge in [-0.25, -0.2) is 4.39 Å². The highest BCUT2D eigenvalue weighted by molar-refractivity contribution is 6.33. The van der Waals surface area contributed by atoms with Crippen molar-refractivity contribution in [2.24, 2.45) is 0 Å². The number of nitrogen functional groups attached to an aromatic ring is 1. The number of nitrogens with zero attached hydrogens (tertiary/aromatic N) is 1. The molecule has 5 heteroatoms. The molecule has 0 radical (unpaired) electrons. The molecule has 0 aliphatic rings. The van der Waals surface area contributed by atoms with Crippen molar-refractivity contribution in [3.63, 3.8) is 0 Å². The van der Waals surface area contributed by atoms with Gasteiger partial charge in [-0.05, 0) is 30.3 Å². The quantitative estimate of drug-likeness (QED) is 0.689. The van der Waals surface area contributed by atoms with Gasteiger partial charge in [0, 0.05) is 23.2 Å². The maximum Gasteiger partial charge on any atom is 0.124 e. The standard InChI is InChI=1S/C15H11ClFN3/c16-12-7-10(17)2-4-13(12)20-14-3-1-9-8-19-6-5-11(9)15(14)18/h1-8,20H,18H2. The number of nitrogens with two attached hydrogens (primary N) is 1. The summed E-state index contributed by atoms with van der Waals surface area (Å²) in [5.41, 5.74) is 8.07. The van der Waals surface area contributed by atoms with Crippen LogP contribution in [0.15, 0.2) is 48.8 Å². The van der Waals surface area contributed by atoms with Crippen molar-refractivity contribution in [2.45, 2.75) is 0 Å². The van der Waals surface area contributed by atoms with Crippen LogP contribution in [0.3, 0.4) is 0 Å². The van der Waals surface area contributed by atoms with Crippen LogP contribution in [0, 0.1) is 5.82 Å². The lowest BCUT2D eigenvalue weighted by atomic mass is 10.1. The van der Waals surface area contributed by atoms with Gasteiger partial charge < -0.3 is 11.1 Å². The number of fused-ring (bicyclic) bond motifs is 1. The first-order chi connectivity index (χ1) is 9.65. The predicted molar refractivity (Wildman–Crippen MR) is 80.8 cm³/mol. The van der Waals surface area contributed by atoms with Crippen molar-refractivity contribution in [3.8, 4) is 0 Å². The average Bonchev–Trinajstić information content (AvgIpc) is 2.45. The van der Waals surface area contributed by atoms with E-state index in [1.165, 1.54) is 12.1 Å². The zero-order valence-electron chi connectivity index (χ0n) is 10.4. The minimum Gasteiger partial charge on any atom is -0.397 e. The van der Waals surface area contributed by atoms with E-state index in [-0.39, 0.29) is 5.82 Å². The number of halogens is 2. The summed E-state index contributed by atoms with van der Waals surface area (Å²) in [4.78, 5) is 4.05. The molecule has 1 heterocycles. The molecule has 2 aromatic carbocycles. The minimum atomic E-state index is -0.377. The average molecular weight is 288 g/mol. The molecule has 0 saturated carbocycles. The summed E-state index contributed by atoms with van der Waals surface area (Å²) in [7, 11) is 0. The molecule has 20 heavy (non-hydrogen) atoms. The number of benzene rings is 2. The van der Waals surface area contributed by atoms with E-state index < -0.39 is 0 Å². The first kappa shape index (κ1) is 12.7. The Morgan fingerprint density at radius 2 is 1.90 bits per heavy atom. The van der Waals surface area contributed by atoms with E-state index in [0.29, 0.717) is 16.4 Å². The molecular weight excluding hydrogens is 277 g/mol. The van der Waals surface area contributed by atoms with Gasteiger partial charge in [-0.3, -0.25) is 4.98 Å². The Morgan fingerprint density at radius 3 is 2.70 bits per heavy atom. The molecule has 3 rings (SSSR count). The second-order valence-electron chi connectivity index (χ2n) is 4.37. The second kappa shape index (κ2) is 4.98. The molecule has 0 aliphatic heterocycles. The van der Waals surface area contributed by atoms with Gasteiger partial charge in [-0.15, -0.1) is 0 Å². The molecule has 0 atom stereocenters. The third kappa shape index (κ3) is 2.26. The molecule has 3 N–H and O–H groups in total. The van der Waals surface area contributed by atoms with Crippen molar-refractivity contribution in [3.05, 3.63) is 59.6 Å². The summed E-state index contributed by atoms with van der Waals surface area (Å²) in [6.07, 6.45) is 3.44. The van der Waals surface area contributed by atoms with Crippen molar-refractivity contribution in [1.82, 2.24) is 4.98 Å². The van der Waals surface area contributed by atoms with Crippen LogP contribution < -0.4 is 11.1 Å². The Kier molecular flexibility index (Phi) is 3.16. The second-order valence-corrected chi connectivity index (χ2v) is 4.78. The lowest BCUT2D eigenvalue weighted by Crippen LogP contribution is -1.98. The normalized spacial score (nSPS) is 10.7. The first-order valence-corrected chi connectivity index (χ1v) is 6.37. The van der Waals surface area contributed by atoms with Crippen LogP contribution in [-0.4, -0.2) is 4.98 Å². The molecule has 100 valence electrons. The Bertz CT molecular complexity index is 789. The Hall–Kier alpha value is -2.33. The van der Waals surface area contributed by atoms with Gasteiger partial charge in [0.05, 0.1) is 22.1 Å². The van der Waals surface area contributed by atoms with Crippen LogP contribution in [0.1, 0.15) is 0 Å². The van der Waals surface area contributed by atoms with Crippen molar-refractivity contribution in [2.75, 3.05) is 11.1 Å². The largest absolute Gasteiger partial charge is 0.397 e. The number of rotatable bonds is 2. The molecule has 1 aromatic heterocycles. The lowest BCUT2D eigenvalue weighted by molar-refractivity contribution is 0.628. The van der Waals surface area contributed by atoms with Gasteiger partial charge in [0.15, 0.2) is 0 Å². The van der Waals surface area contributed by atoms with Crippen LogP contribution >= 0.6 is 11.6 Å². The van der Waals surface area contributed by atoms with E-state index in [9.17, 15) is 4.39 Å². The van der Waals surface area contributed by atoms with Crippen LogP contribution in [0.4, 0.5) is 21.5 Å². The van der Waals surface area contributed by atoms with Gasteiger partial charge in [0.2, 0.25) is 0 Å². The fourth-order valence-electron chi connectivity index (χ4n) is 2.04. The first-order valence-electron chi connectivity index (χ1n) is 5.99. The maximum atomic E-state index is 13.0. The highest BCUT2D eigenvalue weighted by atomic mass is 35.5. The number of nitrogens with one attached hydrogen (secondary N) is 1. The van der Waals surface area contributed by atoms with E-state index in [2.05, 4.69) is 10.3 Å². The van der Waals surface area contributed by atoms with Gasteiger partial charge in [0.25, 0.3) is 0 Å². The van der Waals surface area contributed by atoms with E-state index in [4.69, 9.17) is 17.3 Å². The van der Waals surface area contributed by atoms with Gasteiger partial charge in [-0.2, -0.15) is 0 Å². The van der Waals surface area contributed by atoms with Gasteiger partial charge in [0.1, 0.15) is 5.82 Å². The predicted octanol–water partition coefficient (Wildman–Crippen LogP) is 4.35. The monoisotopic (exact) mass is 287 g/mol. The summed E-state index contributed by atoms with van der Waals surface area (Å²) < 4.78 is 13.0. The molecule has 0 saturated heterocycles. The summed E-state index contributed by atoms with van der Waals surface area (Å²) in [5, 5.41) is 5.29. The van der Waals surface area contributed by atoms with E-state index >= 15 is 0 Å². The van der Waals surface area contributed by atoms with Crippen molar-refractivity contribution in [1.29, 1.82) is 0 Å². The van der Waals surface area contributed by atoms with Crippen LogP contribution in [0.2, 0.25) is 5.02 Å². The van der Waals surface area contributed by atoms with E-state index in [1.54, 1.807) is 18.5 Å². The summed E-state index contributed by atoms with van der Waals surface area (Å²) in [6.45, 7) is 0. The Labute approximate surface area is 120 Å². The molecule has 0 fully saturated rings. The van der Waals surface area contributed by atoms with E-state index in [1.807, 2.05) is 18.2 Å². The van der Waals surface area contributed by atoms with Crippen molar-refractivity contribution >= 4 is 39.4 Å². The number of aromatic nitrogens is 1. The van der Waals surface area contributed by atoms with Gasteiger partial charge >= 0.3 is 0 Å². The Balaban J connectivity index is 2.04. The molecule has 0 bridgehead atoms.